The van der Waals surface area contributed by atoms with Gasteiger partial charge < -0.3 is 5.11 Å². The molecular weight excluding hydrogens is 268 g/mol. The van der Waals surface area contributed by atoms with Crippen LogP contribution in [-0.4, -0.2) is 11.1 Å². The van der Waals surface area contributed by atoms with Crippen molar-refractivity contribution < 1.29 is 9.90 Å². The third-order valence-electron chi connectivity index (χ3n) is 3.39. The minimum Gasteiger partial charge on any atom is -0.481 e. The van der Waals surface area contributed by atoms with Crippen LogP contribution >= 0.6 is 15.9 Å². The number of benzene rings is 1. The van der Waals surface area contributed by atoms with Crippen molar-refractivity contribution in [2.24, 2.45) is 17.8 Å². The van der Waals surface area contributed by atoms with Gasteiger partial charge in [-0.25, -0.2) is 0 Å². The first-order valence-electron chi connectivity index (χ1n) is 5.56. The van der Waals surface area contributed by atoms with Gasteiger partial charge in [-0.15, -0.1) is 0 Å². The lowest BCUT2D eigenvalue weighted by Gasteiger charge is -2.11. The molecule has 0 amide bonds. The van der Waals surface area contributed by atoms with Gasteiger partial charge in [0.2, 0.25) is 0 Å². The maximum absolute atomic E-state index is 10.8. The maximum atomic E-state index is 10.8. The molecule has 0 aromatic heterocycles. The zero-order chi connectivity index (χ0) is 11.7. The molecule has 1 aromatic carbocycles. The van der Waals surface area contributed by atoms with Crippen molar-refractivity contribution in [3.63, 3.8) is 0 Å². The van der Waals surface area contributed by atoms with E-state index in [-0.39, 0.29) is 5.92 Å². The number of carboxylic acid groups (broad SMARTS) is 1. The van der Waals surface area contributed by atoms with Crippen LogP contribution in [0.5, 0.6) is 0 Å². The van der Waals surface area contributed by atoms with Gasteiger partial charge in [-0.1, -0.05) is 41.1 Å². The molecule has 1 aromatic rings. The fourth-order valence-electron chi connectivity index (χ4n) is 2.29. The molecule has 0 radical (unpaired) electrons. The van der Waals surface area contributed by atoms with Crippen LogP contribution in [0.4, 0.5) is 0 Å². The Morgan fingerprint density at radius 1 is 1.56 bits per heavy atom. The number of carboxylic acids is 1. The molecule has 0 bridgehead atoms. The summed E-state index contributed by atoms with van der Waals surface area (Å²) < 4.78 is 1.12. The first-order chi connectivity index (χ1) is 7.59. The highest BCUT2D eigenvalue weighted by molar-refractivity contribution is 9.10. The van der Waals surface area contributed by atoms with Gasteiger partial charge in [-0.3, -0.25) is 4.79 Å². The lowest BCUT2D eigenvalue weighted by Crippen LogP contribution is -2.08. The van der Waals surface area contributed by atoms with E-state index in [1.165, 1.54) is 5.56 Å². The Balaban J connectivity index is 1.96. The fourth-order valence-corrected chi connectivity index (χ4v) is 2.74. The van der Waals surface area contributed by atoms with Crippen LogP contribution in [0, 0.1) is 17.8 Å². The topological polar surface area (TPSA) is 37.3 Å². The summed E-state index contributed by atoms with van der Waals surface area (Å²) >= 11 is 3.52. The first-order valence-corrected chi connectivity index (χ1v) is 6.35. The monoisotopic (exact) mass is 282 g/mol. The van der Waals surface area contributed by atoms with Gasteiger partial charge in [-0.05, 0) is 36.3 Å². The molecule has 0 heterocycles. The SMILES string of the molecule is CC(Cc1ccccc1Br)C1CC1C(=O)O. The molecule has 1 aliphatic rings. The molecule has 16 heavy (non-hydrogen) atoms. The second kappa shape index (κ2) is 4.58. The molecule has 0 spiro atoms. The summed E-state index contributed by atoms with van der Waals surface area (Å²) in [6.45, 7) is 2.15. The Hall–Kier alpha value is -0.830. The molecule has 0 aliphatic heterocycles. The highest BCUT2D eigenvalue weighted by atomic mass is 79.9. The second-order valence-electron chi connectivity index (χ2n) is 4.62. The van der Waals surface area contributed by atoms with E-state index in [9.17, 15) is 4.79 Å². The predicted octanol–water partition coefficient (Wildman–Crippen LogP) is 3.35. The first kappa shape index (κ1) is 11.6. The standard InChI is InChI=1S/C13H15BrO2/c1-8(10-7-11(10)13(15)16)6-9-4-2-3-5-12(9)14/h2-5,8,10-11H,6-7H2,1H3,(H,15,16). The van der Waals surface area contributed by atoms with E-state index in [0.717, 1.165) is 17.3 Å². The zero-order valence-corrected chi connectivity index (χ0v) is 10.8. The maximum Gasteiger partial charge on any atom is 0.306 e. The lowest BCUT2D eigenvalue weighted by molar-refractivity contribution is -0.139. The Labute approximate surface area is 104 Å². The number of halogens is 1. The number of rotatable bonds is 4. The van der Waals surface area contributed by atoms with Gasteiger partial charge in [0.15, 0.2) is 0 Å². The number of hydrogen-bond acceptors (Lipinski definition) is 1. The van der Waals surface area contributed by atoms with Crippen LogP contribution in [0.1, 0.15) is 18.9 Å². The molecule has 3 heteroatoms. The van der Waals surface area contributed by atoms with Crippen molar-refractivity contribution in [1.29, 1.82) is 0 Å². The summed E-state index contributed by atoms with van der Waals surface area (Å²) in [5.41, 5.74) is 1.27. The molecule has 86 valence electrons. The fraction of sp³-hybridized carbons (Fsp3) is 0.462. The zero-order valence-electron chi connectivity index (χ0n) is 9.19. The Kier molecular flexibility index (Phi) is 3.33. The van der Waals surface area contributed by atoms with Gasteiger partial charge in [0.1, 0.15) is 0 Å². The Morgan fingerprint density at radius 3 is 2.81 bits per heavy atom. The van der Waals surface area contributed by atoms with E-state index in [4.69, 9.17) is 5.11 Å². The summed E-state index contributed by atoms with van der Waals surface area (Å²) in [6, 6.07) is 8.15. The van der Waals surface area contributed by atoms with Gasteiger partial charge in [0.05, 0.1) is 5.92 Å². The molecule has 1 aliphatic carbocycles. The van der Waals surface area contributed by atoms with E-state index in [0.29, 0.717) is 11.8 Å². The number of aliphatic carboxylic acids is 1. The second-order valence-corrected chi connectivity index (χ2v) is 5.47. The van der Waals surface area contributed by atoms with E-state index in [1.54, 1.807) is 0 Å². The summed E-state index contributed by atoms with van der Waals surface area (Å²) in [7, 11) is 0. The van der Waals surface area contributed by atoms with E-state index >= 15 is 0 Å². The summed E-state index contributed by atoms with van der Waals surface area (Å²) in [5, 5.41) is 8.88. The smallest absolute Gasteiger partial charge is 0.306 e. The molecule has 3 atom stereocenters. The van der Waals surface area contributed by atoms with Gasteiger partial charge >= 0.3 is 5.97 Å². The quantitative estimate of drug-likeness (QED) is 0.920. The van der Waals surface area contributed by atoms with Crippen LogP contribution in [0.25, 0.3) is 0 Å². The predicted molar refractivity (Wildman–Crippen MR) is 66.2 cm³/mol. The average molecular weight is 283 g/mol. The third-order valence-corrected chi connectivity index (χ3v) is 4.16. The largest absolute Gasteiger partial charge is 0.481 e. The molecule has 1 N–H and O–H groups in total. The molecule has 1 fully saturated rings. The molecule has 2 nitrogen and oxygen atoms in total. The molecule has 2 rings (SSSR count). The van der Waals surface area contributed by atoms with E-state index < -0.39 is 5.97 Å². The average Bonchev–Trinajstić information content (AvgIpc) is 3.01. The normalized spacial score (nSPS) is 25.1. The summed E-state index contributed by atoms with van der Waals surface area (Å²) in [4.78, 5) is 10.8. The van der Waals surface area contributed by atoms with E-state index in [2.05, 4.69) is 28.9 Å². The molecular formula is C13H15BrO2. The van der Waals surface area contributed by atoms with Crippen molar-refractivity contribution in [1.82, 2.24) is 0 Å². The minimum atomic E-state index is -0.635. The van der Waals surface area contributed by atoms with Crippen molar-refractivity contribution in [3.05, 3.63) is 34.3 Å². The molecule has 3 unspecified atom stereocenters. The van der Waals surface area contributed by atoms with Crippen molar-refractivity contribution in [2.75, 3.05) is 0 Å². The highest BCUT2D eigenvalue weighted by Gasteiger charge is 2.46. The van der Waals surface area contributed by atoms with Crippen LogP contribution in [0.15, 0.2) is 28.7 Å². The Morgan fingerprint density at radius 2 is 2.25 bits per heavy atom. The van der Waals surface area contributed by atoms with Crippen LogP contribution < -0.4 is 0 Å². The Bertz CT molecular complexity index is 403. The third kappa shape index (κ3) is 2.46. The van der Waals surface area contributed by atoms with Gasteiger partial charge in [0, 0.05) is 4.47 Å². The van der Waals surface area contributed by atoms with Crippen molar-refractivity contribution >= 4 is 21.9 Å². The van der Waals surface area contributed by atoms with E-state index in [1.807, 2.05) is 18.2 Å². The van der Waals surface area contributed by atoms with Crippen LogP contribution in [0.3, 0.4) is 0 Å². The highest BCUT2D eigenvalue weighted by Crippen LogP contribution is 2.45. The van der Waals surface area contributed by atoms with Crippen LogP contribution in [0.2, 0.25) is 0 Å². The minimum absolute atomic E-state index is 0.0995. The molecule has 1 saturated carbocycles. The summed E-state index contributed by atoms with van der Waals surface area (Å²) in [5.74, 6) is 0.0749. The van der Waals surface area contributed by atoms with Gasteiger partial charge in [0.25, 0.3) is 0 Å². The van der Waals surface area contributed by atoms with Crippen molar-refractivity contribution in [3.8, 4) is 0 Å². The number of carbonyl (C=O) groups is 1. The van der Waals surface area contributed by atoms with Crippen molar-refractivity contribution in [2.45, 2.75) is 19.8 Å². The summed E-state index contributed by atoms with van der Waals surface area (Å²) in [6.07, 6.45) is 1.80. The lowest BCUT2D eigenvalue weighted by atomic mass is 9.95. The number of hydrogen-bond donors (Lipinski definition) is 1. The van der Waals surface area contributed by atoms with Gasteiger partial charge in [-0.2, -0.15) is 0 Å². The molecule has 0 saturated heterocycles. The van der Waals surface area contributed by atoms with Crippen LogP contribution in [-0.2, 0) is 11.2 Å².